The van der Waals surface area contributed by atoms with E-state index in [9.17, 15) is 10.1 Å². The first-order valence-electron chi connectivity index (χ1n) is 4.73. The van der Waals surface area contributed by atoms with Crippen molar-refractivity contribution < 1.29 is 9.34 Å². The van der Waals surface area contributed by atoms with Crippen LogP contribution in [0.15, 0.2) is 33.8 Å². The Hall–Kier alpha value is -2.57. The second kappa shape index (κ2) is 4.52. The summed E-state index contributed by atoms with van der Waals surface area (Å²) < 4.78 is 4.89. The van der Waals surface area contributed by atoms with Crippen molar-refractivity contribution in [3.05, 3.63) is 46.0 Å². The fourth-order valence-corrected chi connectivity index (χ4v) is 1.13. The van der Waals surface area contributed by atoms with Gasteiger partial charge in [0.2, 0.25) is 5.95 Å². The minimum absolute atomic E-state index is 0.279. The number of nitro groups is 1. The molecule has 0 unspecified atom stereocenters. The first-order valence-corrected chi connectivity index (χ1v) is 4.73. The van der Waals surface area contributed by atoms with Crippen molar-refractivity contribution in [3.63, 3.8) is 0 Å². The average molecular weight is 232 g/mol. The van der Waals surface area contributed by atoms with E-state index in [1.54, 1.807) is 12.3 Å². The molecule has 0 bridgehead atoms. The van der Waals surface area contributed by atoms with Crippen molar-refractivity contribution in [2.45, 2.75) is 6.92 Å². The van der Waals surface area contributed by atoms with E-state index in [2.05, 4.69) is 15.0 Å². The normalized spacial score (nSPS) is 10.9. The maximum Gasteiger partial charge on any atom is 0.433 e. The lowest BCUT2D eigenvalue weighted by molar-refractivity contribution is -0.402. The molecule has 2 heterocycles. The highest BCUT2D eigenvalue weighted by molar-refractivity contribution is 5.78. The van der Waals surface area contributed by atoms with Gasteiger partial charge in [0.25, 0.3) is 0 Å². The monoisotopic (exact) mass is 232 g/mol. The lowest BCUT2D eigenvalue weighted by Gasteiger charge is -1.91. The molecule has 7 heteroatoms. The fraction of sp³-hybridized carbons (Fsp3) is 0.100. The van der Waals surface area contributed by atoms with Crippen LogP contribution in [0.4, 0.5) is 11.8 Å². The van der Waals surface area contributed by atoms with Gasteiger partial charge >= 0.3 is 5.88 Å². The molecule has 86 valence electrons. The van der Waals surface area contributed by atoms with Crippen molar-refractivity contribution in [2.75, 3.05) is 0 Å². The van der Waals surface area contributed by atoms with Gasteiger partial charge in [0.05, 0.1) is 12.3 Å². The van der Waals surface area contributed by atoms with Gasteiger partial charge in [-0.05, 0) is 19.1 Å². The molecule has 0 spiro atoms. The Labute approximate surface area is 96.0 Å². The van der Waals surface area contributed by atoms with Gasteiger partial charge in [-0.15, -0.1) is 0 Å². The van der Waals surface area contributed by atoms with E-state index in [4.69, 9.17) is 4.42 Å². The summed E-state index contributed by atoms with van der Waals surface area (Å²) in [6.07, 6.45) is 2.92. The van der Waals surface area contributed by atoms with E-state index < -0.39 is 4.92 Å². The third kappa shape index (κ3) is 2.71. The summed E-state index contributed by atoms with van der Waals surface area (Å²) in [4.78, 5) is 21.7. The van der Waals surface area contributed by atoms with Gasteiger partial charge in [0, 0.05) is 11.9 Å². The van der Waals surface area contributed by atoms with Crippen LogP contribution in [0.2, 0.25) is 0 Å². The van der Waals surface area contributed by atoms with Crippen LogP contribution >= 0.6 is 0 Å². The van der Waals surface area contributed by atoms with Crippen LogP contribution in [0, 0.1) is 17.0 Å². The van der Waals surface area contributed by atoms with Crippen LogP contribution in [0.1, 0.15) is 11.5 Å². The number of aliphatic imine (C=N–C) groups is 1. The van der Waals surface area contributed by atoms with Crippen LogP contribution < -0.4 is 0 Å². The molecule has 2 aromatic rings. The summed E-state index contributed by atoms with van der Waals surface area (Å²) in [5.74, 6) is 0.238. The molecule has 0 aliphatic carbocycles. The molecular weight excluding hydrogens is 224 g/mol. The highest BCUT2D eigenvalue weighted by Gasteiger charge is 2.10. The van der Waals surface area contributed by atoms with E-state index >= 15 is 0 Å². The summed E-state index contributed by atoms with van der Waals surface area (Å²) in [7, 11) is 0. The van der Waals surface area contributed by atoms with Crippen molar-refractivity contribution in [3.8, 4) is 0 Å². The molecule has 0 radical (unpaired) electrons. The number of hydrogen-bond donors (Lipinski definition) is 0. The maximum absolute atomic E-state index is 10.4. The van der Waals surface area contributed by atoms with Crippen LogP contribution in [-0.2, 0) is 0 Å². The summed E-state index contributed by atoms with van der Waals surface area (Å²) in [6, 6.07) is 4.46. The molecular formula is C10H8N4O3. The molecule has 0 fully saturated rings. The van der Waals surface area contributed by atoms with Crippen LogP contribution in [-0.4, -0.2) is 21.1 Å². The molecule has 0 amide bonds. The SMILES string of the molecule is Cc1ccnc(N=Cc2ccc([N+](=O)[O-])o2)n1. The fourth-order valence-electron chi connectivity index (χ4n) is 1.13. The number of nitrogens with zero attached hydrogens (tertiary/aromatic N) is 4. The van der Waals surface area contributed by atoms with Crippen molar-refractivity contribution in [2.24, 2.45) is 4.99 Å². The predicted molar refractivity (Wildman–Crippen MR) is 59.4 cm³/mol. The average Bonchev–Trinajstić information content (AvgIpc) is 2.75. The number of aryl methyl sites for hydroxylation is 1. The molecule has 0 saturated carbocycles. The molecule has 7 nitrogen and oxygen atoms in total. The van der Waals surface area contributed by atoms with E-state index in [-0.39, 0.29) is 17.6 Å². The van der Waals surface area contributed by atoms with Crippen LogP contribution in [0.5, 0.6) is 0 Å². The van der Waals surface area contributed by atoms with Gasteiger partial charge in [-0.25, -0.2) is 15.0 Å². The first kappa shape index (κ1) is 10.9. The van der Waals surface area contributed by atoms with Gasteiger partial charge in [0.15, 0.2) is 5.76 Å². The van der Waals surface area contributed by atoms with Crippen molar-refractivity contribution in [1.82, 2.24) is 9.97 Å². The molecule has 0 aliphatic rings. The zero-order valence-electron chi connectivity index (χ0n) is 8.90. The molecule has 0 atom stereocenters. The van der Waals surface area contributed by atoms with Crippen molar-refractivity contribution in [1.29, 1.82) is 0 Å². The number of hydrogen-bond acceptors (Lipinski definition) is 6. The molecule has 0 aliphatic heterocycles. The molecule has 2 rings (SSSR count). The third-order valence-electron chi connectivity index (χ3n) is 1.88. The van der Waals surface area contributed by atoms with Gasteiger partial charge in [0.1, 0.15) is 4.92 Å². The van der Waals surface area contributed by atoms with E-state index in [0.29, 0.717) is 0 Å². The second-order valence-electron chi connectivity index (χ2n) is 3.19. The topological polar surface area (TPSA) is 94.4 Å². The Kier molecular flexibility index (Phi) is 2.91. The molecule has 0 saturated heterocycles. The largest absolute Gasteiger partial charge is 0.433 e. The summed E-state index contributed by atoms with van der Waals surface area (Å²) in [5.41, 5.74) is 0.789. The third-order valence-corrected chi connectivity index (χ3v) is 1.88. The Morgan fingerprint density at radius 2 is 2.29 bits per heavy atom. The van der Waals surface area contributed by atoms with E-state index in [1.807, 2.05) is 6.92 Å². The quantitative estimate of drug-likeness (QED) is 0.458. The first-order chi connectivity index (χ1) is 8.15. The number of furan rings is 1. The van der Waals surface area contributed by atoms with Crippen LogP contribution in [0.3, 0.4) is 0 Å². The molecule has 0 aromatic carbocycles. The van der Waals surface area contributed by atoms with Gasteiger partial charge in [-0.1, -0.05) is 0 Å². The Morgan fingerprint density at radius 3 is 2.94 bits per heavy atom. The standard InChI is InChI=1S/C10H8N4O3/c1-7-4-5-11-10(13-7)12-6-8-2-3-9(17-8)14(15)16/h2-6H,1H3. The van der Waals surface area contributed by atoms with E-state index in [1.165, 1.54) is 18.3 Å². The molecule has 2 aromatic heterocycles. The summed E-state index contributed by atoms with van der Waals surface area (Å²) in [6.45, 7) is 1.82. The van der Waals surface area contributed by atoms with Gasteiger partial charge in [-0.3, -0.25) is 10.1 Å². The smallest absolute Gasteiger partial charge is 0.400 e. The zero-order chi connectivity index (χ0) is 12.3. The zero-order valence-corrected chi connectivity index (χ0v) is 8.90. The van der Waals surface area contributed by atoms with Crippen molar-refractivity contribution >= 4 is 18.0 Å². The summed E-state index contributed by atoms with van der Waals surface area (Å²) in [5, 5.41) is 10.4. The highest BCUT2D eigenvalue weighted by Crippen LogP contribution is 2.14. The lowest BCUT2D eigenvalue weighted by Crippen LogP contribution is -1.85. The Morgan fingerprint density at radius 1 is 1.47 bits per heavy atom. The maximum atomic E-state index is 10.4. The summed E-state index contributed by atoms with van der Waals surface area (Å²) >= 11 is 0. The molecule has 17 heavy (non-hydrogen) atoms. The highest BCUT2D eigenvalue weighted by atomic mass is 16.6. The lowest BCUT2D eigenvalue weighted by atomic mass is 10.4. The Bertz CT molecular complexity index is 576. The second-order valence-corrected chi connectivity index (χ2v) is 3.19. The van der Waals surface area contributed by atoms with Gasteiger partial charge in [-0.2, -0.15) is 0 Å². The minimum Gasteiger partial charge on any atom is -0.400 e. The number of aromatic nitrogens is 2. The predicted octanol–water partition coefficient (Wildman–Crippen LogP) is 2.04. The minimum atomic E-state index is -0.611. The number of rotatable bonds is 3. The Balaban J connectivity index is 2.17. The van der Waals surface area contributed by atoms with Crippen LogP contribution in [0.25, 0.3) is 0 Å². The van der Waals surface area contributed by atoms with E-state index in [0.717, 1.165) is 5.69 Å². The van der Waals surface area contributed by atoms with Gasteiger partial charge < -0.3 is 4.42 Å². The molecule has 0 N–H and O–H groups in total.